The van der Waals surface area contributed by atoms with E-state index in [1.165, 1.54) is 16.7 Å². The third-order valence-electron chi connectivity index (χ3n) is 5.11. The summed E-state index contributed by atoms with van der Waals surface area (Å²) in [6, 6.07) is 15.8. The van der Waals surface area contributed by atoms with E-state index in [1.54, 1.807) is 12.3 Å². The number of nitrogens with zero attached hydrogens (tertiary/aromatic N) is 2. The Hall–Kier alpha value is -3.47. The molecule has 0 aliphatic heterocycles. The normalized spacial score (nSPS) is 12.3. The fourth-order valence-corrected chi connectivity index (χ4v) is 3.52. The van der Waals surface area contributed by atoms with Crippen molar-refractivity contribution in [1.82, 2.24) is 9.97 Å². The quantitative estimate of drug-likeness (QED) is 0.512. The van der Waals surface area contributed by atoms with Gasteiger partial charge in [0.05, 0.1) is 0 Å². The van der Waals surface area contributed by atoms with Crippen molar-refractivity contribution in [2.75, 3.05) is 5.32 Å². The lowest BCUT2D eigenvalue weighted by Crippen LogP contribution is -2.00. The molecule has 0 spiro atoms. The number of ether oxygens (including phenoxy) is 1. The topological polar surface area (TPSA) is 64.1 Å². The molecule has 152 valence electrons. The van der Waals surface area contributed by atoms with E-state index in [1.807, 2.05) is 43.3 Å². The van der Waals surface area contributed by atoms with Crippen LogP contribution in [-0.2, 0) is 17.6 Å². The Kier molecular flexibility index (Phi) is 5.89. The maximum Gasteiger partial charge on any atom is 0.230 e. The molecule has 0 unspecified atom stereocenters. The number of allylic oxidation sites excluding steroid dienone is 1. The van der Waals surface area contributed by atoms with E-state index >= 15 is 0 Å². The Morgan fingerprint density at radius 2 is 2.07 bits per heavy atom. The van der Waals surface area contributed by atoms with Crippen molar-refractivity contribution in [3.05, 3.63) is 77.0 Å². The van der Waals surface area contributed by atoms with E-state index in [0.717, 1.165) is 29.8 Å². The second kappa shape index (κ2) is 8.91. The Morgan fingerprint density at radius 1 is 1.17 bits per heavy atom. The molecule has 0 saturated heterocycles. The van der Waals surface area contributed by atoms with Crippen LogP contribution in [0.5, 0.6) is 11.6 Å². The molecule has 3 aromatic rings. The molecule has 5 nitrogen and oxygen atoms in total. The van der Waals surface area contributed by atoms with Crippen molar-refractivity contribution >= 4 is 23.5 Å². The van der Waals surface area contributed by atoms with E-state index < -0.39 is 0 Å². The zero-order valence-corrected chi connectivity index (χ0v) is 17.3. The lowest BCUT2D eigenvalue weighted by atomic mass is 10.1. The summed E-state index contributed by atoms with van der Waals surface area (Å²) in [5, 5.41) is 3.22. The number of hydrogen-bond acceptors (Lipinski definition) is 5. The van der Waals surface area contributed by atoms with Crippen LogP contribution in [0.2, 0.25) is 0 Å². The van der Waals surface area contributed by atoms with E-state index in [2.05, 4.69) is 34.4 Å². The number of Topliss-reactive ketones (excluding diaryl/α,β-unsaturated/α-hetero) is 1. The number of aryl methyl sites for hydroxylation is 1. The Morgan fingerprint density at radius 3 is 2.93 bits per heavy atom. The average Bonchev–Trinajstić information content (AvgIpc) is 3.12. The second-order valence-electron chi connectivity index (χ2n) is 7.57. The van der Waals surface area contributed by atoms with E-state index in [9.17, 15) is 4.79 Å². The predicted molar refractivity (Wildman–Crippen MR) is 119 cm³/mol. The van der Waals surface area contributed by atoms with Crippen LogP contribution in [-0.4, -0.2) is 15.8 Å². The van der Waals surface area contributed by atoms with Crippen molar-refractivity contribution in [3.63, 3.8) is 0 Å². The molecule has 30 heavy (non-hydrogen) atoms. The van der Waals surface area contributed by atoms with Crippen LogP contribution in [0.15, 0.2) is 60.3 Å². The average molecular weight is 399 g/mol. The van der Waals surface area contributed by atoms with Crippen LogP contribution in [0.3, 0.4) is 0 Å². The summed E-state index contributed by atoms with van der Waals surface area (Å²) in [6.07, 6.45) is 6.75. The van der Waals surface area contributed by atoms with Crippen molar-refractivity contribution in [2.45, 2.75) is 39.5 Å². The fourth-order valence-electron chi connectivity index (χ4n) is 3.52. The number of carbonyl (C=O) groups is 1. The van der Waals surface area contributed by atoms with Crippen LogP contribution >= 0.6 is 0 Å². The standard InChI is InChI=1S/C25H25N3O2/c1-3-22(29)9-7-18-5-4-6-21(15-18)27-25-26-12-11-24(28-25)30-23-10-8-19-13-17(2)14-20(19)16-23/h4-6,8,10-12,14-16H,3,7,9,13H2,1-2H3,(H,26,27,28). The van der Waals surface area contributed by atoms with E-state index in [4.69, 9.17) is 4.74 Å². The molecule has 0 fully saturated rings. The Balaban J connectivity index is 1.44. The van der Waals surface area contributed by atoms with E-state index in [0.29, 0.717) is 24.7 Å². The van der Waals surface area contributed by atoms with Crippen molar-refractivity contribution in [3.8, 4) is 11.6 Å². The zero-order chi connectivity index (χ0) is 20.9. The molecule has 0 saturated carbocycles. The summed E-state index contributed by atoms with van der Waals surface area (Å²) >= 11 is 0. The molecule has 1 heterocycles. The minimum atomic E-state index is 0.277. The van der Waals surface area contributed by atoms with Gasteiger partial charge in [-0.25, -0.2) is 4.98 Å². The van der Waals surface area contributed by atoms with Gasteiger partial charge in [-0.3, -0.25) is 4.79 Å². The number of benzene rings is 2. The molecule has 0 amide bonds. The molecule has 0 bridgehead atoms. The van der Waals surface area contributed by atoms with Gasteiger partial charge in [0.1, 0.15) is 11.5 Å². The molecule has 1 N–H and O–H groups in total. The maximum atomic E-state index is 11.6. The van der Waals surface area contributed by atoms with Gasteiger partial charge in [-0.15, -0.1) is 0 Å². The first-order chi connectivity index (χ1) is 14.6. The number of anilines is 2. The third kappa shape index (κ3) is 4.92. The third-order valence-corrected chi connectivity index (χ3v) is 5.11. The van der Waals surface area contributed by atoms with Gasteiger partial charge in [-0.05, 0) is 60.7 Å². The molecule has 5 heteroatoms. The van der Waals surface area contributed by atoms with Gasteiger partial charge in [-0.2, -0.15) is 4.98 Å². The van der Waals surface area contributed by atoms with Gasteiger partial charge in [0.15, 0.2) is 0 Å². The highest BCUT2D eigenvalue weighted by molar-refractivity contribution is 5.78. The molecule has 0 radical (unpaired) electrons. The summed E-state index contributed by atoms with van der Waals surface area (Å²) in [7, 11) is 0. The number of hydrogen-bond donors (Lipinski definition) is 1. The Labute approximate surface area is 176 Å². The predicted octanol–water partition coefficient (Wildman–Crippen LogP) is 5.88. The van der Waals surface area contributed by atoms with Gasteiger partial charge < -0.3 is 10.1 Å². The number of carbonyl (C=O) groups excluding carboxylic acids is 1. The summed E-state index contributed by atoms with van der Waals surface area (Å²) in [5.74, 6) is 1.98. The van der Waals surface area contributed by atoms with Crippen LogP contribution in [0, 0.1) is 0 Å². The molecule has 1 aromatic heterocycles. The van der Waals surface area contributed by atoms with Crippen molar-refractivity contribution < 1.29 is 9.53 Å². The first-order valence-corrected chi connectivity index (χ1v) is 10.3. The van der Waals surface area contributed by atoms with Crippen LogP contribution in [0.4, 0.5) is 11.6 Å². The van der Waals surface area contributed by atoms with Gasteiger partial charge in [-0.1, -0.05) is 36.8 Å². The van der Waals surface area contributed by atoms with E-state index in [-0.39, 0.29) is 5.78 Å². The number of aromatic nitrogens is 2. The first-order valence-electron chi connectivity index (χ1n) is 10.3. The minimum Gasteiger partial charge on any atom is -0.439 e. The highest BCUT2D eigenvalue weighted by Crippen LogP contribution is 2.30. The molecule has 0 atom stereocenters. The molecular formula is C25H25N3O2. The summed E-state index contributed by atoms with van der Waals surface area (Å²) in [6.45, 7) is 4.03. The summed E-state index contributed by atoms with van der Waals surface area (Å²) in [5.41, 5.74) is 5.88. The molecule has 1 aliphatic rings. The Bertz CT molecular complexity index is 1110. The van der Waals surface area contributed by atoms with Crippen molar-refractivity contribution in [2.24, 2.45) is 0 Å². The number of ketones is 1. The SMILES string of the molecule is CCC(=O)CCc1cccc(Nc2nccc(Oc3ccc4c(c3)C=C(C)C4)n2)c1. The highest BCUT2D eigenvalue weighted by Gasteiger charge is 2.11. The smallest absolute Gasteiger partial charge is 0.230 e. The molecule has 1 aliphatic carbocycles. The van der Waals surface area contributed by atoms with Gasteiger partial charge in [0.2, 0.25) is 11.8 Å². The lowest BCUT2D eigenvalue weighted by molar-refractivity contribution is -0.118. The number of rotatable bonds is 8. The monoisotopic (exact) mass is 399 g/mol. The van der Waals surface area contributed by atoms with Gasteiger partial charge in [0.25, 0.3) is 0 Å². The molecule has 2 aromatic carbocycles. The maximum absolute atomic E-state index is 11.6. The molecular weight excluding hydrogens is 374 g/mol. The first kappa shape index (κ1) is 19.8. The summed E-state index contributed by atoms with van der Waals surface area (Å²) < 4.78 is 5.96. The summed E-state index contributed by atoms with van der Waals surface area (Å²) in [4.78, 5) is 20.3. The molecule has 4 rings (SSSR count). The fraction of sp³-hybridized carbons (Fsp3) is 0.240. The zero-order valence-electron chi connectivity index (χ0n) is 17.3. The number of fused-ring (bicyclic) bond motifs is 1. The largest absolute Gasteiger partial charge is 0.439 e. The van der Waals surface area contributed by atoms with Crippen LogP contribution in [0.25, 0.3) is 6.08 Å². The second-order valence-corrected chi connectivity index (χ2v) is 7.57. The van der Waals surface area contributed by atoms with Crippen LogP contribution < -0.4 is 10.1 Å². The lowest BCUT2D eigenvalue weighted by Gasteiger charge is -2.10. The van der Waals surface area contributed by atoms with Gasteiger partial charge >= 0.3 is 0 Å². The minimum absolute atomic E-state index is 0.277. The van der Waals surface area contributed by atoms with Crippen LogP contribution in [0.1, 0.15) is 43.4 Å². The highest BCUT2D eigenvalue weighted by atomic mass is 16.5. The van der Waals surface area contributed by atoms with Gasteiger partial charge in [0, 0.05) is 30.8 Å². The van der Waals surface area contributed by atoms with Crippen molar-refractivity contribution in [1.29, 1.82) is 0 Å². The number of nitrogens with one attached hydrogen (secondary N) is 1.